The first-order valence-electron chi connectivity index (χ1n) is 12.5. The average molecular weight is 441 g/mol. The Morgan fingerprint density at radius 2 is 1.63 bits per heavy atom. The van der Waals surface area contributed by atoms with Crippen LogP contribution in [0.2, 0.25) is 0 Å². The van der Waals surface area contributed by atoms with Gasteiger partial charge in [0.1, 0.15) is 11.7 Å². The number of thioether (sulfide) groups is 1. The SMILES string of the molecule is CC1NN(C2CCCCC2)C(C)C1CCC1NNC2SC(C3CCCCC3F)NN12. The number of hydrogen-bond donors (Lipinski definition) is 4. The fraction of sp³-hybridized carbons (Fsp3) is 1.00. The molecular formula is C22H41FN6S. The van der Waals surface area contributed by atoms with Crippen LogP contribution in [0.15, 0.2) is 0 Å². The van der Waals surface area contributed by atoms with Crippen molar-refractivity contribution < 1.29 is 4.39 Å². The van der Waals surface area contributed by atoms with Crippen molar-refractivity contribution in [1.29, 1.82) is 0 Å². The largest absolute Gasteiger partial charge is 0.252 e. The normalized spacial score (nSPS) is 46.5. The molecule has 2 aliphatic carbocycles. The predicted octanol–water partition coefficient (Wildman–Crippen LogP) is 3.44. The monoisotopic (exact) mass is 440 g/mol. The zero-order valence-electron chi connectivity index (χ0n) is 18.7. The van der Waals surface area contributed by atoms with Gasteiger partial charge in [0, 0.05) is 24.0 Å². The number of nitrogens with one attached hydrogen (secondary N) is 4. The predicted molar refractivity (Wildman–Crippen MR) is 121 cm³/mol. The van der Waals surface area contributed by atoms with Crippen LogP contribution in [0.1, 0.15) is 84.5 Å². The molecule has 8 unspecified atom stereocenters. The highest BCUT2D eigenvalue weighted by molar-refractivity contribution is 8.00. The lowest BCUT2D eigenvalue weighted by molar-refractivity contribution is 0.0827. The Morgan fingerprint density at radius 1 is 0.867 bits per heavy atom. The second kappa shape index (κ2) is 9.49. The molecule has 30 heavy (non-hydrogen) atoms. The third-order valence-electron chi connectivity index (χ3n) is 8.43. The molecule has 0 radical (unpaired) electrons. The van der Waals surface area contributed by atoms with E-state index < -0.39 is 6.17 Å². The third kappa shape index (κ3) is 4.30. The molecule has 2 saturated carbocycles. The van der Waals surface area contributed by atoms with Crippen molar-refractivity contribution in [2.24, 2.45) is 11.8 Å². The van der Waals surface area contributed by atoms with Gasteiger partial charge in [-0.15, -0.1) is 11.8 Å². The summed E-state index contributed by atoms with van der Waals surface area (Å²) in [6, 6.07) is 1.85. The van der Waals surface area contributed by atoms with Gasteiger partial charge >= 0.3 is 0 Å². The molecule has 0 bridgehead atoms. The van der Waals surface area contributed by atoms with Crippen LogP contribution in [0.25, 0.3) is 0 Å². The van der Waals surface area contributed by atoms with Crippen molar-refractivity contribution in [2.75, 3.05) is 0 Å². The van der Waals surface area contributed by atoms with E-state index in [4.69, 9.17) is 0 Å². The van der Waals surface area contributed by atoms with Gasteiger partial charge in [0.25, 0.3) is 0 Å². The Kier molecular flexibility index (Phi) is 6.92. The van der Waals surface area contributed by atoms with Gasteiger partial charge in [-0.05, 0) is 58.3 Å². The summed E-state index contributed by atoms with van der Waals surface area (Å²) in [6.45, 7) is 4.78. The van der Waals surface area contributed by atoms with E-state index in [2.05, 4.69) is 45.6 Å². The van der Waals surface area contributed by atoms with Crippen LogP contribution in [0.3, 0.4) is 0 Å². The van der Waals surface area contributed by atoms with E-state index in [0.717, 1.165) is 31.7 Å². The smallest absolute Gasteiger partial charge is 0.136 e. The zero-order chi connectivity index (χ0) is 20.7. The lowest BCUT2D eigenvalue weighted by atomic mass is 9.87. The highest BCUT2D eigenvalue weighted by Gasteiger charge is 2.47. The molecule has 8 heteroatoms. The second-order valence-corrected chi connectivity index (χ2v) is 11.5. The van der Waals surface area contributed by atoms with E-state index in [1.54, 1.807) is 0 Å². The number of alkyl halides is 1. The number of hydrazine groups is 3. The lowest BCUT2D eigenvalue weighted by Gasteiger charge is -2.35. The first kappa shape index (κ1) is 21.9. The van der Waals surface area contributed by atoms with Crippen LogP contribution in [-0.2, 0) is 0 Å². The lowest BCUT2D eigenvalue weighted by Crippen LogP contribution is -2.49. The standard InChI is InChI=1S/C22H41FN6S/c1-14-17(15(2)28(26-14)16-8-4-3-5-9-16)12-13-20-24-25-22-29(20)27-21(30-22)18-10-6-7-11-19(18)23/h14-22,24-27H,3-13H2,1-2H3. The molecule has 3 heterocycles. The molecule has 172 valence electrons. The van der Waals surface area contributed by atoms with Crippen LogP contribution in [0, 0.1) is 11.8 Å². The molecule has 5 aliphatic rings. The van der Waals surface area contributed by atoms with E-state index in [1.807, 2.05) is 11.8 Å². The summed E-state index contributed by atoms with van der Waals surface area (Å²) in [7, 11) is 0. The molecule has 6 nitrogen and oxygen atoms in total. The van der Waals surface area contributed by atoms with Crippen LogP contribution < -0.4 is 21.7 Å². The van der Waals surface area contributed by atoms with Crippen molar-refractivity contribution in [2.45, 2.75) is 126 Å². The van der Waals surface area contributed by atoms with Gasteiger partial charge in [0.05, 0.1) is 11.5 Å². The topological polar surface area (TPSA) is 54.6 Å². The Morgan fingerprint density at radius 3 is 2.43 bits per heavy atom. The summed E-state index contributed by atoms with van der Waals surface area (Å²) < 4.78 is 14.5. The van der Waals surface area contributed by atoms with Crippen LogP contribution >= 0.6 is 11.8 Å². The van der Waals surface area contributed by atoms with Crippen molar-refractivity contribution in [3.8, 4) is 0 Å². The molecule has 3 saturated heterocycles. The third-order valence-corrected chi connectivity index (χ3v) is 9.78. The van der Waals surface area contributed by atoms with Crippen molar-refractivity contribution in [1.82, 2.24) is 31.7 Å². The Labute approximate surface area is 185 Å². The molecule has 0 aromatic rings. The van der Waals surface area contributed by atoms with Crippen LogP contribution in [0.5, 0.6) is 0 Å². The maximum absolute atomic E-state index is 14.5. The van der Waals surface area contributed by atoms with E-state index in [1.165, 1.54) is 44.9 Å². The Balaban J connectivity index is 1.14. The highest BCUT2D eigenvalue weighted by Crippen LogP contribution is 2.40. The van der Waals surface area contributed by atoms with Crippen LogP contribution in [0.4, 0.5) is 4.39 Å². The zero-order valence-corrected chi connectivity index (χ0v) is 19.5. The molecule has 0 spiro atoms. The van der Waals surface area contributed by atoms with Crippen molar-refractivity contribution in [3.63, 3.8) is 0 Å². The minimum Gasteiger partial charge on any atom is -0.252 e. The molecule has 5 rings (SSSR count). The van der Waals surface area contributed by atoms with Gasteiger partial charge in [-0.2, -0.15) is 5.01 Å². The first-order valence-corrected chi connectivity index (χ1v) is 13.5. The van der Waals surface area contributed by atoms with Crippen molar-refractivity contribution in [3.05, 3.63) is 0 Å². The molecule has 0 aromatic heterocycles. The number of fused-ring (bicyclic) bond motifs is 1. The highest BCUT2D eigenvalue weighted by atomic mass is 32.2. The Hall–Kier alpha value is 0.0400. The molecule has 3 aliphatic heterocycles. The van der Waals surface area contributed by atoms with Gasteiger partial charge in [0.15, 0.2) is 0 Å². The van der Waals surface area contributed by atoms with Gasteiger partial charge in [-0.25, -0.2) is 25.7 Å². The fourth-order valence-electron chi connectivity index (χ4n) is 6.62. The molecule has 5 fully saturated rings. The molecule has 4 N–H and O–H groups in total. The number of nitrogens with zero attached hydrogens (tertiary/aromatic N) is 2. The Bertz CT molecular complexity index is 578. The summed E-state index contributed by atoms with van der Waals surface area (Å²) in [6.07, 6.45) is 12.8. The fourth-order valence-corrected chi connectivity index (χ4v) is 8.06. The molecular weight excluding hydrogens is 399 g/mol. The summed E-state index contributed by atoms with van der Waals surface area (Å²) in [5.74, 6) is 0.826. The van der Waals surface area contributed by atoms with Crippen molar-refractivity contribution >= 4 is 11.8 Å². The van der Waals surface area contributed by atoms with E-state index in [9.17, 15) is 4.39 Å². The molecule has 0 aromatic carbocycles. The first-order chi connectivity index (χ1) is 14.6. The minimum absolute atomic E-state index is 0.153. The van der Waals surface area contributed by atoms with Gasteiger partial charge in [-0.3, -0.25) is 5.43 Å². The quantitative estimate of drug-likeness (QED) is 0.522. The number of hydrogen-bond acceptors (Lipinski definition) is 7. The van der Waals surface area contributed by atoms with Crippen LogP contribution in [-0.4, -0.2) is 51.4 Å². The maximum Gasteiger partial charge on any atom is 0.136 e. The van der Waals surface area contributed by atoms with Gasteiger partial charge in [0.2, 0.25) is 0 Å². The van der Waals surface area contributed by atoms with Gasteiger partial charge < -0.3 is 0 Å². The minimum atomic E-state index is -0.646. The molecule has 0 amide bonds. The van der Waals surface area contributed by atoms with E-state index in [0.29, 0.717) is 18.0 Å². The number of halogens is 1. The maximum atomic E-state index is 14.5. The summed E-state index contributed by atoms with van der Waals surface area (Å²) in [5, 5.41) is 5.13. The summed E-state index contributed by atoms with van der Waals surface area (Å²) in [5.41, 5.74) is 14.6. The summed E-state index contributed by atoms with van der Waals surface area (Å²) >= 11 is 1.85. The summed E-state index contributed by atoms with van der Waals surface area (Å²) in [4.78, 5) is 0. The van der Waals surface area contributed by atoms with E-state index >= 15 is 0 Å². The number of rotatable bonds is 5. The molecule has 8 atom stereocenters. The average Bonchev–Trinajstić information content (AvgIpc) is 3.41. The van der Waals surface area contributed by atoms with Gasteiger partial charge in [-0.1, -0.05) is 32.1 Å². The second-order valence-electron chi connectivity index (χ2n) is 10.3. The van der Waals surface area contributed by atoms with E-state index in [-0.39, 0.29) is 23.0 Å².